The zero-order valence-electron chi connectivity index (χ0n) is 9.97. The maximum Gasteiger partial charge on any atom is 0.147 e. The Kier molecular flexibility index (Phi) is 4.07. The SMILES string of the molecule is CCOC1CC(CC(O)c2ccncc2F)C1. The van der Waals surface area contributed by atoms with Gasteiger partial charge in [-0.25, -0.2) is 4.39 Å². The van der Waals surface area contributed by atoms with Crippen molar-refractivity contribution < 1.29 is 14.2 Å². The minimum Gasteiger partial charge on any atom is -0.388 e. The molecule has 0 spiro atoms. The molecule has 0 aromatic carbocycles. The van der Waals surface area contributed by atoms with Gasteiger partial charge in [-0.15, -0.1) is 0 Å². The number of aliphatic hydroxyl groups is 1. The highest BCUT2D eigenvalue weighted by Crippen LogP contribution is 2.37. The van der Waals surface area contributed by atoms with E-state index in [1.807, 2.05) is 6.92 Å². The van der Waals surface area contributed by atoms with Crippen molar-refractivity contribution in [1.29, 1.82) is 0 Å². The molecular formula is C13H18FNO2. The Labute approximate surface area is 101 Å². The molecule has 1 aromatic heterocycles. The molecule has 1 aliphatic rings. The number of aliphatic hydroxyl groups excluding tert-OH is 1. The van der Waals surface area contributed by atoms with Gasteiger partial charge in [-0.05, 0) is 38.2 Å². The Hall–Kier alpha value is -1.00. The first-order chi connectivity index (χ1) is 8.20. The monoisotopic (exact) mass is 239 g/mol. The first kappa shape index (κ1) is 12.5. The lowest BCUT2D eigenvalue weighted by molar-refractivity contribution is -0.0382. The van der Waals surface area contributed by atoms with E-state index in [1.165, 1.54) is 6.20 Å². The highest BCUT2D eigenvalue weighted by molar-refractivity contribution is 5.15. The third-order valence-electron chi connectivity index (χ3n) is 3.31. The predicted octanol–water partition coefficient (Wildman–Crippen LogP) is 2.46. The van der Waals surface area contributed by atoms with E-state index >= 15 is 0 Å². The lowest BCUT2D eigenvalue weighted by atomic mass is 9.78. The molecule has 1 aromatic rings. The number of ether oxygens (including phenoxy) is 1. The van der Waals surface area contributed by atoms with Crippen LogP contribution in [-0.2, 0) is 4.74 Å². The Morgan fingerprint density at radius 2 is 2.35 bits per heavy atom. The first-order valence-electron chi connectivity index (χ1n) is 6.09. The molecule has 94 valence electrons. The Morgan fingerprint density at radius 3 is 3.00 bits per heavy atom. The molecule has 1 N–H and O–H groups in total. The number of aromatic nitrogens is 1. The summed E-state index contributed by atoms with van der Waals surface area (Å²) in [5.74, 6) is 0.00907. The van der Waals surface area contributed by atoms with E-state index in [4.69, 9.17) is 4.74 Å². The maximum absolute atomic E-state index is 13.4. The topological polar surface area (TPSA) is 42.4 Å². The van der Waals surface area contributed by atoms with E-state index in [2.05, 4.69) is 4.98 Å². The van der Waals surface area contributed by atoms with Crippen molar-refractivity contribution in [1.82, 2.24) is 4.98 Å². The second-order valence-corrected chi connectivity index (χ2v) is 4.56. The lowest BCUT2D eigenvalue weighted by Crippen LogP contribution is -2.32. The van der Waals surface area contributed by atoms with E-state index in [-0.39, 0.29) is 0 Å². The molecule has 1 heterocycles. The summed E-state index contributed by atoms with van der Waals surface area (Å²) in [4.78, 5) is 3.67. The maximum atomic E-state index is 13.4. The van der Waals surface area contributed by atoms with Crippen molar-refractivity contribution in [2.24, 2.45) is 5.92 Å². The van der Waals surface area contributed by atoms with E-state index in [0.29, 0.717) is 24.0 Å². The minimum atomic E-state index is -0.731. The molecule has 4 heteroatoms. The fourth-order valence-electron chi connectivity index (χ4n) is 2.34. The molecule has 0 radical (unpaired) electrons. The molecule has 1 unspecified atom stereocenters. The van der Waals surface area contributed by atoms with Crippen LogP contribution in [0.4, 0.5) is 4.39 Å². The summed E-state index contributed by atoms with van der Waals surface area (Å²) in [6, 6.07) is 1.54. The second kappa shape index (κ2) is 5.56. The third-order valence-corrected chi connectivity index (χ3v) is 3.31. The quantitative estimate of drug-likeness (QED) is 0.858. The van der Waals surface area contributed by atoms with Crippen molar-refractivity contribution in [2.45, 2.75) is 38.4 Å². The summed E-state index contributed by atoms with van der Waals surface area (Å²) in [5.41, 5.74) is 0.347. The number of pyridine rings is 1. The van der Waals surface area contributed by atoms with E-state index in [9.17, 15) is 9.50 Å². The Balaban J connectivity index is 1.83. The smallest absolute Gasteiger partial charge is 0.147 e. The largest absolute Gasteiger partial charge is 0.388 e. The number of rotatable bonds is 5. The Bertz CT molecular complexity index is 366. The molecule has 1 saturated carbocycles. The van der Waals surface area contributed by atoms with Gasteiger partial charge in [0.05, 0.1) is 18.4 Å². The van der Waals surface area contributed by atoms with Gasteiger partial charge >= 0.3 is 0 Å². The van der Waals surface area contributed by atoms with E-state index in [0.717, 1.165) is 25.6 Å². The fraction of sp³-hybridized carbons (Fsp3) is 0.615. The number of nitrogens with zero attached hydrogens (tertiary/aromatic N) is 1. The molecule has 0 saturated heterocycles. The summed E-state index contributed by atoms with van der Waals surface area (Å²) in [6.45, 7) is 2.72. The van der Waals surface area contributed by atoms with Gasteiger partial charge in [-0.3, -0.25) is 4.98 Å². The van der Waals surface area contributed by atoms with Crippen molar-refractivity contribution in [3.8, 4) is 0 Å². The van der Waals surface area contributed by atoms with Crippen LogP contribution in [0.5, 0.6) is 0 Å². The minimum absolute atomic E-state index is 0.333. The van der Waals surface area contributed by atoms with Crippen LogP contribution in [0, 0.1) is 11.7 Å². The number of halogens is 1. The van der Waals surface area contributed by atoms with Crippen molar-refractivity contribution in [3.63, 3.8) is 0 Å². The fourth-order valence-corrected chi connectivity index (χ4v) is 2.34. The highest BCUT2D eigenvalue weighted by Gasteiger charge is 2.31. The molecule has 3 nitrogen and oxygen atoms in total. The Morgan fingerprint density at radius 1 is 1.59 bits per heavy atom. The van der Waals surface area contributed by atoms with Crippen LogP contribution < -0.4 is 0 Å². The molecule has 17 heavy (non-hydrogen) atoms. The molecule has 0 amide bonds. The van der Waals surface area contributed by atoms with E-state index < -0.39 is 11.9 Å². The number of hydrogen-bond acceptors (Lipinski definition) is 3. The van der Waals surface area contributed by atoms with Gasteiger partial charge in [-0.1, -0.05) is 0 Å². The molecule has 1 fully saturated rings. The summed E-state index contributed by atoms with van der Waals surface area (Å²) < 4.78 is 18.8. The summed E-state index contributed by atoms with van der Waals surface area (Å²) in [5, 5.41) is 9.94. The first-order valence-corrected chi connectivity index (χ1v) is 6.09. The zero-order valence-corrected chi connectivity index (χ0v) is 9.97. The van der Waals surface area contributed by atoms with Crippen molar-refractivity contribution in [3.05, 3.63) is 29.8 Å². The third kappa shape index (κ3) is 3.01. The van der Waals surface area contributed by atoms with Crippen LogP contribution in [0.2, 0.25) is 0 Å². The van der Waals surface area contributed by atoms with Crippen LogP contribution >= 0.6 is 0 Å². The molecule has 0 aliphatic heterocycles. The molecule has 1 aliphatic carbocycles. The highest BCUT2D eigenvalue weighted by atomic mass is 19.1. The van der Waals surface area contributed by atoms with Gasteiger partial charge in [0.15, 0.2) is 0 Å². The molecular weight excluding hydrogens is 221 g/mol. The second-order valence-electron chi connectivity index (χ2n) is 4.56. The summed E-state index contributed by atoms with van der Waals surface area (Å²) >= 11 is 0. The van der Waals surface area contributed by atoms with Crippen LogP contribution in [-0.4, -0.2) is 22.8 Å². The van der Waals surface area contributed by atoms with Gasteiger partial charge in [0.25, 0.3) is 0 Å². The molecule has 2 rings (SSSR count). The standard InChI is InChI=1S/C13H18FNO2/c1-2-17-10-5-9(6-10)7-13(16)11-3-4-15-8-12(11)14/h3-4,8-10,13,16H,2,5-7H2,1H3. The van der Waals surface area contributed by atoms with Crippen LogP contribution in [0.3, 0.4) is 0 Å². The predicted molar refractivity (Wildman–Crippen MR) is 61.9 cm³/mol. The van der Waals surface area contributed by atoms with Gasteiger partial charge in [0.1, 0.15) is 5.82 Å². The van der Waals surface area contributed by atoms with Gasteiger partial charge < -0.3 is 9.84 Å². The van der Waals surface area contributed by atoms with Gasteiger partial charge in [0, 0.05) is 18.4 Å². The lowest BCUT2D eigenvalue weighted by Gasteiger charge is -2.36. The van der Waals surface area contributed by atoms with Crippen LogP contribution in [0.15, 0.2) is 18.5 Å². The van der Waals surface area contributed by atoms with Crippen LogP contribution in [0.1, 0.15) is 37.9 Å². The summed E-state index contributed by atoms with van der Waals surface area (Å²) in [7, 11) is 0. The number of hydrogen-bond donors (Lipinski definition) is 1. The van der Waals surface area contributed by atoms with Gasteiger partial charge in [-0.2, -0.15) is 0 Å². The van der Waals surface area contributed by atoms with Crippen molar-refractivity contribution >= 4 is 0 Å². The van der Waals surface area contributed by atoms with Crippen molar-refractivity contribution in [2.75, 3.05) is 6.61 Å². The molecule has 0 bridgehead atoms. The zero-order chi connectivity index (χ0) is 12.3. The average Bonchev–Trinajstić information content (AvgIpc) is 2.26. The normalized spacial score (nSPS) is 25.4. The molecule has 1 atom stereocenters. The van der Waals surface area contributed by atoms with Gasteiger partial charge in [0.2, 0.25) is 0 Å². The average molecular weight is 239 g/mol. The summed E-state index contributed by atoms with van der Waals surface area (Å²) in [6.07, 6.45) is 4.79. The van der Waals surface area contributed by atoms with Crippen LogP contribution in [0.25, 0.3) is 0 Å². The van der Waals surface area contributed by atoms with E-state index in [1.54, 1.807) is 6.07 Å².